The third-order valence-electron chi connectivity index (χ3n) is 1.91. The van der Waals surface area contributed by atoms with Crippen LogP contribution in [0.15, 0.2) is 18.2 Å². The Bertz CT molecular complexity index is 313. The van der Waals surface area contributed by atoms with Gasteiger partial charge in [-0.3, -0.25) is 4.79 Å². The summed E-state index contributed by atoms with van der Waals surface area (Å²) in [5, 5.41) is 8.73. The van der Waals surface area contributed by atoms with Crippen LogP contribution in [0.1, 0.15) is 23.4 Å². The van der Waals surface area contributed by atoms with E-state index in [1.54, 1.807) is 6.07 Å². The molecule has 0 saturated carbocycles. The molecule has 2 nitrogen and oxygen atoms in total. The van der Waals surface area contributed by atoms with E-state index in [2.05, 4.69) is 0 Å². The van der Waals surface area contributed by atoms with Crippen LogP contribution in [-0.2, 0) is 4.79 Å². The molecule has 1 rings (SSSR count). The second-order valence-electron chi connectivity index (χ2n) is 2.98. The number of benzene rings is 1. The zero-order valence-corrected chi connectivity index (χ0v) is 8.30. The number of Topliss-reactive ketones (excluding diaryl/α,β-unsaturated/α-hetero) is 1. The Labute approximate surface area is 82.2 Å². The van der Waals surface area contributed by atoms with Gasteiger partial charge in [0.2, 0.25) is 0 Å². The molecule has 0 amide bonds. The van der Waals surface area contributed by atoms with Gasteiger partial charge < -0.3 is 5.11 Å². The van der Waals surface area contributed by atoms with Gasteiger partial charge in [-0.25, -0.2) is 0 Å². The highest BCUT2D eigenvalue weighted by Crippen LogP contribution is 2.32. The predicted molar refractivity (Wildman–Crippen MR) is 52.1 cm³/mol. The van der Waals surface area contributed by atoms with Crippen LogP contribution in [0.3, 0.4) is 0 Å². The average Bonchev–Trinajstić information content (AvgIpc) is 2.03. The molecule has 0 spiro atoms. The van der Waals surface area contributed by atoms with E-state index in [4.69, 9.17) is 11.6 Å². The maximum absolute atomic E-state index is 11.0. The summed E-state index contributed by atoms with van der Waals surface area (Å²) in [7, 11) is 0. The van der Waals surface area contributed by atoms with Crippen molar-refractivity contribution >= 4 is 17.4 Å². The lowest BCUT2D eigenvalue weighted by atomic mass is 10.0. The molecule has 1 unspecified atom stereocenters. The van der Waals surface area contributed by atoms with Crippen molar-refractivity contribution in [2.24, 2.45) is 0 Å². The molecule has 3 heteroatoms. The van der Waals surface area contributed by atoms with Gasteiger partial charge in [0.15, 0.2) is 5.78 Å². The fraction of sp³-hybridized carbons (Fsp3) is 0.300. The van der Waals surface area contributed by atoms with Crippen molar-refractivity contribution in [3.8, 4) is 5.75 Å². The minimum atomic E-state index is -0.749. The molecule has 0 radical (unpaired) electrons. The summed E-state index contributed by atoms with van der Waals surface area (Å²) in [6.07, 6.45) is 0. The molecule has 0 aliphatic carbocycles. The molecular weight excluding hydrogens is 188 g/mol. The molecular formula is C10H11ClO2. The number of hydrogen-bond donors (Lipinski definition) is 1. The summed E-state index contributed by atoms with van der Waals surface area (Å²) in [4.78, 5) is 11.0. The molecule has 1 aromatic rings. The number of halogens is 1. The number of hydrogen-bond acceptors (Lipinski definition) is 2. The van der Waals surface area contributed by atoms with Crippen LogP contribution in [0.4, 0.5) is 0 Å². The number of phenols is 1. The van der Waals surface area contributed by atoms with E-state index in [9.17, 15) is 9.90 Å². The normalized spacial score (nSPS) is 12.5. The van der Waals surface area contributed by atoms with Crippen LogP contribution < -0.4 is 0 Å². The van der Waals surface area contributed by atoms with E-state index in [-0.39, 0.29) is 11.5 Å². The van der Waals surface area contributed by atoms with Crippen molar-refractivity contribution < 1.29 is 9.90 Å². The third kappa shape index (κ3) is 2.01. The summed E-state index contributed by atoms with van der Waals surface area (Å²) >= 11 is 5.84. The first-order valence-electron chi connectivity index (χ1n) is 3.97. The van der Waals surface area contributed by atoms with Crippen LogP contribution in [0.2, 0.25) is 0 Å². The van der Waals surface area contributed by atoms with Gasteiger partial charge in [-0.2, -0.15) is 0 Å². The molecule has 0 aliphatic heterocycles. The molecule has 0 aromatic heterocycles. The van der Waals surface area contributed by atoms with Crippen LogP contribution in [0.5, 0.6) is 5.75 Å². The minimum absolute atomic E-state index is 0.0789. The Kier molecular flexibility index (Phi) is 2.94. The zero-order chi connectivity index (χ0) is 10.0. The molecule has 1 N–H and O–H groups in total. The van der Waals surface area contributed by atoms with Crippen molar-refractivity contribution in [3.05, 3.63) is 29.3 Å². The standard InChI is InChI=1S/C10H11ClO2/c1-6-4-3-5-8(13)9(6)10(11)7(2)12/h3-5,10,13H,1-2H3. The molecule has 1 aromatic carbocycles. The third-order valence-corrected chi connectivity index (χ3v) is 2.44. The summed E-state index contributed by atoms with van der Waals surface area (Å²) in [5.41, 5.74) is 1.34. The summed E-state index contributed by atoms with van der Waals surface area (Å²) in [6.45, 7) is 3.22. The number of alkyl halides is 1. The molecule has 1 atom stereocenters. The maximum Gasteiger partial charge on any atom is 0.152 e. The maximum atomic E-state index is 11.0. The number of carbonyl (C=O) groups excluding carboxylic acids is 1. The average molecular weight is 199 g/mol. The second kappa shape index (κ2) is 3.79. The van der Waals surface area contributed by atoms with Gasteiger partial charge in [0.05, 0.1) is 0 Å². The first-order chi connectivity index (χ1) is 6.04. The summed E-state index contributed by atoms with van der Waals surface area (Å²) in [6, 6.07) is 5.06. The van der Waals surface area contributed by atoms with Crippen molar-refractivity contribution in [2.75, 3.05) is 0 Å². The molecule has 0 fully saturated rings. The summed E-state index contributed by atoms with van der Waals surface area (Å²) < 4.78 is 0. The smallest absolute Gasteiger partial charge is 0.152 e. The first-order valence-corrected chi connectivity index (χ1v) is 4.40. The van der Waals surface area contributed by atoms with Crippen molar-refractivity contribution in [2.45, 2.75) is 19.2 Å². The lowest BCUT2D eigenvalue weighted by Crippen LogP contribution is -2.03. The number of aryl methyl sites for hydroxylation is 1. The lowest BCUT2D eigenvalue weighted by molar-refractivity contribution is -0.116. The molecule has 0 heterocycles. The van der Waals surface area contributed by atoms with E-state index < -0.39 is 5.38 Å². The highest BCUT2D eigenvalue weighted by atomic mass is 35.5. The van der Waals surface area contributed by atoms with Crippen molar-refractivity contribution in [1.29, 1.82) is 0 Å². The molecule has 13 heavy (non-hydrogen) atoms. The highest BCUT2D eigenvalue weighted by molar-refractivity contribution is 6.31. The largest absolute Gasteiger partial charge is 0.508 e. The topological polar surface area (TPSA) is 37.3 Å². The van der Waals surface area contributed by atoms with Gasteiger partial charge in [0, 0.05) is 5.56 Å². The van der Waals surface area contributed by atoms with Crippen molar-refractivity contribution in [3.63, 3.8) is 0 Å². The Morgan fingerprint density at radius 3 is 2.62 bits per heavy atom. The Balaban J connectivity index is 3.20. The van der Waals surface area contributed by atoms with E-state index in [1.165, 1.54) is 13.0 Å². The van der Waals surface area contributed by atoms with Crippen LogP contribution in [0.25, 0.3) is 0 Å². The molecule has 0 saturated heterocycles. The first kappa shape index (κ1) is 10.1. The predicted octanol–water partition coefficient (Wildman–Crippen LogP) is 2.57. The van der Waals surface area contributed by atoms with Gasteiger partial charge in [-0.15, -0.1) is 11.6 Å². The van der Waals surface area contributed by atoms with Crippen LogP contribution in [-0.4, -0.2) is 10.9 Å². The highest BCUT2D eigenvalue weighted by Gasteiger charge is 2.18. The van der Waals surface area contributed by atoms with Gasteiger partial charge in [-0.05, 0) is 25.5 Å². The number of ketones is 1. The fourth-order valence-corrected chi connectivity index (χ4v) is 1.48. The Morgan fingerprint density at radius 1 is 1.54 bits per heavy atom. The summed E-state index contributed by atoms with van der Waals surface area (Å²) in [5.74, 6) is -0.0820. The van der Waals surface area contributed by atoms with Crippen LogP contribution in [0, 0.1) is 6.92 Å². The molecule has 70 valence electrons. The SMILES string of the molecule is CC(=O)C(Cl)c1c(C)cccc1O. The number of carbonyl (C=O) groups is 1. The van der Waals surface area contributed by atoms with Gasteiger partial charge >= 0.3 is 0 Å². The van der Waals surface area contributed by atoms with Gasteiger partial charge in [-0.1, -0.05) is 12.1 Å². The van der Waals surface area contributed by atoms with E-state index >= 15 is 0 Å². The van der Waals surface area contributed by atoms with E-state index in [0.717, 1.165) is 5.56 Å². The molecule has 0 aliphatic rings. The Morgan fingerprint density at radius 2 is 2.15 bits per heavy atom. The minimum Gasteiger partial charge on any atom is -0.508 e. The quantitative estimate of drug-likeness (QED) is 0.742. The zero-order valence-electron chi connectivity index (χ0n) is 7.54. The Hall–Kier alpha value is -1.02. The van der Waals surface area contributed by atoms with E-state index in [1.807, 2.05) is 13.0 Å². The van der Waals surface area contributed by atoms with Gasteiger partial charge in [0.1, 0.15) is 11.1 Å². The van der Waals surface area contributed by atoms with E-state index in [0.29, 0.717) is 5.56 Å². The van der Waals surface area contributed by atoms with Crippen molar-refractivity contribution in [1.82, 2.24) is 0 Å². The number of aromatic hydroxyl groups is 1. The second-order valence-corrected chi connectivity index (χ2v) is 3.42. The fourth-order valence-electron chi connectivity index (χ4n) is 1.20. The van der Waals surface area contributed by atoms with Crippen LogP contribution >= 0.6 is 11.6 Å². The van der Waals surface area contributed by atoms with Gasteiger partial charge in [0.25, 0.3) is 0 Å². The molecule has 0 bridgehead atoms. The number of phenolic OH excluding ortho intramolecular Hbond substituents is 1. The number of rotatable bonds is 2. The monoisotopic (exact) mass is 198 g/mol. The lowest BCUT2D eigenvalue weighted by Gasteiger charge is -2.11.